The van der Waals surface area contributed by atoms with E-state index in [1.165, 1.54) is 6.07 Å². The lowest BCUT2D eigenvalue weighted by Crippen LogP contribution is -2.18. The maximum atomic E-state index is 13.3. The fourth-order valence-corrected chi connectivity index (χ4v) is 1.83. The molecule has 0 aliphatic carbocycles. The summed E-state index contributed by atoms with van der Waals surface area (Å²) in [4.78, 5) is 1.72. The van der Waals surface area contributed by atoms with Crippen molar-refractivity contribution in [3.05, 3.63) is 59.7 Å². The van der Waals surface area contributed by atoms with Gasteiger partial charge in [-0.15, -0.1) is 0 Å². The van der Waals surface area contributed by atoms with E-state index in [1.807, 2.05) is 30.3 Å². The maximum absolute atomic E-state index is 13.3. The molecule has 2 aromatic carbocycles. The highest BCUT2D eigenvalue weighted by molar-refractivity contribution is 5.68. The maximum Gasteiger partial charge on any atom is 0.151 e. The second kappa shape index (κ2) is 5.04. The van der Waals surface area contributed by atoms with Crippen LogP contribution in [0.15, 0.2) is 42.5 Å². The first-order valence-corrected chi connectivity index (χ1v) is 5.57. The molecule has 0 amide bonds. The molecule has 0 saturated heterocycles. The molecule has 0 aliphatic heterocycles. The second-order valence-corrected chi connectivity index (χ2v) is 4.16. The number of hydrogen-bond acceptors (Lipinski definition) is 2. The Morgan fingerprint density at radius 3 is 2.44 bits per heavy atom. The van der Waals surface area contributed by atoms with Crippen molar-refractivity contribution in [1.82, 2.24) is 0 Å². The molecular formula is C14H14F2N2. The van der Waals surface area contributed by atoms with Gasteiger partial charge in [0.25, 0.3) is 0 Å². The Balaban J connectivity index is 2.26. The van der Waals surface area contributed by atoms with E-state index in [0.29, 0.717) is 12.2 Å². The third-order valence-corrected chi connectivity index (χ3v) is 2.75. The number of nitrogen functional groups attached to an aromatic ring is 1. The largest absolute Gasteiger partial charge is 0.395 e. The van der Waals surface area contributed by atoms with Crippen LogP contribution in [0.4, 0.5) is 20.2 Å². The van der Waals surface area contributed by atoms with Gasteiger partial charge in [0.15, 0.2) is 5.82 Å². The molecule has 0 heterocycles. The fraction of sp³-hybridized carbons (Fsp3) is 0.143. The molecule has 94 valence electrons. The number of nitrogens with two attached hydrogens (primary N) is 1. The van der Waals surface area contributed by atoms with Crippen molar-refractivity contribution >= 4 is 11.4 Å². The highest BCUT2D eigenvalue weighted by Gasteiger charge is 2.12. The first-order valence-electron chi connectivity index (χ1n) is 5.57. The molecule has 0 fully saturated rings. The van der Waals surface area contributed by atoms with E-state index in [0.717, 1.165) is 11.6 Å². The van der Waals surface area contributed by atoms with Gasteiger partial charge >= 0.3 is 0 Å². The SMILES string of the molecule is CN(Cc1ccccc1)c1cc(F)cc(F)c1N. The van der Waals surface area contributed by atoms with Crippen LogP contribution in [0.25, 0.3) is 0 Å². The Morgan fingerprint density at radius 1 is 1.11 bits per heavy atom. The van der Waals surface area contributed by atoms with Gasteiger partial charge in [0.05, 0.1) is 11.4 Å². The van der Waals surface area contributed by atoms with Gasteiger partial charge in [0.1, 0.15) is 5.82 Å². The fourth-order valence-electron chi connectivity index (χ4n) is 1.83. The summed E-state index contributed by atoms with van der Waals surface area (Å²) < 4.78 is 26.5. The van der Waals surface area contributed by atoms with Crippen LogP contribution in [-0.4, -0.2) is 7.05 Å². The molecule has 0 aliphatic rings. The van der Waals surface area contributed by atoms with E-state index in [2.05, 4.69) is 0 Å². The number of nitrogens with zero attached hydrogens (tertiary/aromatic N) is 1. The highest BCUT2D eigenvalue weighted by atomic mass is 19.1. The van der Waals surface area contributed by atoms with Gasteiger partial charge in [-0.05, 0) is 11.6 Å². The van der Waals surface area contributed by atoms with Gasteiger partial charge in [-0.25, -0.2) is 8.78 Å². The molecule has 2 aromatic rings. The molecular weight excluding hydrogens is 234 g/mol. The molecule has 0 aromatic heterocycles. The number of hydrogen-bond donors (Lipinski definition) is 1. The Bertz CT molecular complexity index is 541. The third-order valence-electron chi connectivity index (χ3n) is 2.75. The molecule has 18 heavy (non-hydrogen) atoms. The average Bonchev–Trinajstić information content (AvgIpc) is 2.35. The minimum absolute atomic E-state index is 0.0326. The minimum atomic E-state index is -0.732. The quantitative estimate of drug-likeness (QED) is 0.845. The molecule has 0 unspecified atom stereocenters. The van der Waals surface area contributed by atoms with Gasteiger partial charge in [-0.3, -0.25) is 0 Å². The molecule has 2 rings (SSSR count). The summed E-state index contributed by atoms with van der Waals surface area (Å²) in [6.45, 7) is 0.536. The standard InChI is InChI=1S/C14H14F2N2/c1-18(9-10-5-3-2-4-6-10)13-8-11(15)7-12(16)14(13)17/h2-8H,9,17H2,1H3. The molecule has 0 spiro atoms. The van der Waals surface area contributed by atoms with Crippen LogP contribution in [0, 0.1) is 11.6 Å². The van der Waals surface area contributed by atoms with Crippen LogP contribution in [0.5, 0.6) is 0 Å². The van der Waals surface area contributed by atoms with Crippen LogP contribution < -0.4 is 10.6 Å². The summed E-state index contributed by atoms with van der Waals surface area (Å²) >= 11 is 0. The summed E-state index contributed by atoms with van der Waals surface area (Å²) in [6, 6.07) is 11.7. The summed E-state index contributed by atoms with van der Waals surface area (Å²) in [5.74, 6) is -1.36. The van der Waals surface area contributed by atoms with Crippen molar-refractivity contribution in [2.75, 3.05) is 17.7 Å². The van der Waals surface area contributed by atoms with Crippen molar-refractivity contribution in [3.63, 3.8) is 0 Å². The van der Waals surface area contributed by atoms with Crippen molar-refractivity contribution in [3.8, 4) is 0 Å². The van der Waals surface area contributed by atoms with Crippen molar-refractivity contribution in [2.24, 2.45) is 0 Å². The number of rotatable bonds is 3. The normalized spacial score (nSPS) is 10.4. The predicted octanol–water partition coefficient (Wildman–Crippen LogP) is 3.18. The lowest BCUT2D eigenvalue weighted by Gasteiger charge is -2.21. The lowest BCUT2D eigenvalue weighted by molar-refractivity contribution is 0.585. The average molecular weight is 248 g/mol. The zero-order valence-corrected chi connectivity index (χ0v) is 10.0. The van der Waals surface area contributed by atoms with E-state index < -0.39 is 11.6 Å². The Kier molecular flexibility index (Phi) is 3.46. The molecule has 0 atom stereocenters. The highest BCUT2D eigenvalue weighted by Crippen LogP contribution is 2.27. The third kappa shape index (κ3) is 2.59. The first-order chi connectivity index (χ1) is 8.58. The van der Waals surface area contributed by atoms with E-state index in [1.54, 1.807) is 11.9 Å². The van der Waals surface area contributed by atoms with Gasteiger partial charge < -0.3 is 10.6 Å². The minimum Gasteiger partial charge on any atom is -0.395 e. The molecule has 0 radical (unpaired) electrons. The Hall–Kier alpha value is -2.10. The number of anilines is 2. The van der Waals surface area contributed by atoms with Crippen LogP contribution in [0.1, 0.15) is 5.56 Å². The molecule has 0 saturated carbocycles. The van der Waals surface area contributed by atoms with E-state index >= 15 is 0 Å². The number of benzene rings is 2. The zero-order valence-electron chi connectivity index (χ0n) is 10.0. The monoisotopic (exact) mass is 248 g/mol. The lowest BCUT2D eigenvalue weighted by atomic mass is 10.2. The number of halogens is 2. The van der Waals surface area contributed by atoms with Crippen LogP contribution in [-0.2, 0) is 6.54 Å². The Labute approximate surface area is 105 Å². The van der Waals surface area contributed by atoms with E-state index in [9.17, 15) is 8.78 Å². The summed E-state index contributed by atoms with van der Waals surface area (Å²) in [5, 5.41) is 0. The van der Waals surface area contributed by atoms with Gasteiger partial charge in [0.2, 0.25) is 0 Å². The van der Waals surface area contributed by atoms with Crippen molar-refractivity contribution in [2.45, 2.75) is 6.54 Å². The first kappa shape index (κ1) is 12.4. The molecule has 0 bridgehead atoms. The van der Waals surface area contributed by atoms with Crippen LogP contribution in [0.3, 0.4) is 0 Å². The van der Waals surface area contributed by atoms with Gasteiger partial charge in [-0.2, -0.15) is 0 Å². The summed E-state index contributed by atoms with van der Waals surface area (Å²) in [7, 11) is 1.75. The van der Waals surface area contributed by atoms with E-state index in [4.69, 9.17) is 5.73 Å². The molecule has 2 N–H and O–H groups in total. The predicted molar refractivity (Wildman–Crippen MR) is 69.3 cm³/mol. The van der Waals surface area contributed by atoms with Gasteiger partial charge in [-0.1, -0.05) is 30.3 Å². The zero-order chi connectivity index (χ0) is 13.1. The summed E-state index contributed by atoms with van der Waals surface area (Å²) in [6.07, 6.45) is 0. The van der Waals surface area contributed by atoms with Crippen LogP contribution >= 0.6 is 0 Å². The topological polar surface area (TPSA) is 29.3 Å². The van der Waals surface area contributed by atoms with Gasteiger partial charge in [0, 0.05) is 19.7 Å². The summed E-state index contributed by atoms with van der Waals surface area (Å²) in [5.41, 5.74) is 6.99. The van der Waals surface area contributed by atoms with E-state index in [-0.39, 0.29) is 5.69 Å². The molecule has 4 heteroatoms. The van der Waals surface area contributed by atoms with Crippen LogP contribution in [0.2, 0.25) is 0 Å². The van der Waals surface area contributed by atoms with Crippen molar-refractivity contribution in [1.29, 1.82) is 0 Å². The smallest absolute Gasteiger partial charge is 0.151 e. The molecule has 2 nitrogen and oxygen atoms in total. The Morgan fingerprint density at radius 2 is 1.78 bits per heavy atom. The second-order valence-electron chi connectivity index (χ2n) is 4.16. The van der Waals surface area contributed by atoms with Crippen molar-refractivity contribution < 1.29 is 8.78 Å².